The van der Waals surface area contributed by atoms with E-state index in [1.165, 1.54) is 12.1 Å². The summed E-state index contributed by atoms with van der Waals surface area (Å²) in [5.74, 6) is -1.15. The summed E-state index contributed by atoms with van der Waals surface area (Å²) in [7, 11) is 0. The number of aromatic carboxylic acids is 1. The molecule has 0 unspecified atom stereocenters. The molecule has 0 aliphatic heterocycles. The molecule has 0 saturated heterocycles. The number of hydrogen-bond donors (Lipinski definition) is 2. The van der Waals surface area contributed by atoms with Crippen LogP contribution in [0.5, 0.6) is 5.75 Å². The van der Waals surface area contributed by atoms with Gasteiger partial charge in [-0.3, -0.25) is 4.79 Å². The van der Waals surface area contributed by atoms with Crippen molar-refractivity contribution in [1.82, 2.24) is 0 Å². The highest BCUT2D eigenvalue weighted by Crippen LogP contribution is 2.16. The molecular weight excluding hydrogens is 296 g/mol. The Bertz CT molecular complexity index is 763. The number of carboxylic acid groups (broad SMARTS) is 1. The van der Waals surface area contributed by atoms with Crippen LogP contribution < -0.4 is 10.1 Å². The predicted octanol–water partition coefficient (Wildman–Crippen LogP) is 2.66. The van der Waals surface area contributed by atoms with Crippen molar-refractivity contribution in [3.63, 3.8) is 0 Å². The van der Waals surface area contributed by atoms with Gasteiger partial charge in [0.1, 0.15) is 5.75 Å². The van der Waals surface area contributed by atoms with E-state index >= 15 is 0 Å². The fourth-order valence-electron chi connectivity index (χ4n) is 1.83. The Morgan fingerprint density at radius 2 is 1.91 bits per heavy atom. The van der Waals surface area contributed by atoms with Crippen molar-refractivity contribution >= 4 is 17.6 Å². The van der Waals surface area contributed by atoms with Crippen LogP contribution in [0.3, 0.4) is 0 Å². The minimum atomic E-state index is -1.06. The van der Waals surface area contributed by atoms with Gasteiger partial charge in [-0.1, -0.05) is 6.07 Å². The number of ether oxygens (including phenoxy) is 1. The highest BCUT2D eigenvalue weighted by molar-refractivity contribution is 5.94. The lowest BCUT2D eigenvalue weighted by Crippen LogP contribution is -2.30. The van der Waals surface area contributed by atoms with Crippen LogP contribution in [0.4, 0.5) is 5.69 Å². The molecule has 0 fully saturated rings. The zero-order valence-electron chi connectivity index (χ0n) is 12.3. The zero-order chi connectivity index (χ0) is 16.8. The third-order valence-corrected chi connectivity index (χ3v) is 3.04. The second-order valence-electron chi connectivity index (χ2n) is 4.77. The van der Waals surface area contributed by atoms with Crippen molar-refractivity contribution in [2.24, 2.45) is 0 Å². The summed E-state index contributed by atoms with van der Waals surface area (Å²) in [4.78, 5) is 23.0. The molecule has 116 valence electrons. The first-order valence-corrected chi connectivity index (χ1v) is 6.80. The van der Waals surface area contributed by atoms with E-state index in [-0.39, 0.29) is 11.5 Å². The average molecular weight is 310 g/mol. The van der Waals surface area contributed by atoms with Crippen LogP contribution in [-0.4, -0.2) is 23.1 Å². The Balaban J connectivity index is 2.00. The van der Waals surface area contributed by atoms with E-state index in [0.717, 1.165) is 0 Å². The van der Waals surface area contributed by atoms with Gasteiger partial charge in [0, 0.05) is 5.69 Å². The molecule has 0 spiro atoms. The zero-order valence-corrected chi connectivity index (χ0v) is 12.3. The van der Waals surface area contributed by atoms with Crippen molar-refractivity contribution in [3.8, 4) is 11.8 Å². The summed E-state index contributed by atoms with van der Waals surface area (Å²) in [6.07, 6.45) is -0.810. The van der Waals surface area contributed by atoms with Crippen LogP contribution >= 0.6 is 0 Å². The largest absolute Gasteiger partial charge is 0.481 e. The number of carbonyl (C=O) groups is 2. The maximum Gasteiger partial charge on any atom is 0.335 e. The van der Waals surface area contributed by atoms with E-state index in [4.69, 9.17) is 15.1 Å². The van der Waals surface area contributed by atoms with Crippen LogP contribution in [0.15, 0.2) is 48.5 Å². The number of benzene rings is 2. The Morgan fingerprint density at radius 1 is 1.22 bits per heavy atom. The molecule has 1 atom stereocenters. The maximum atomic E-state index is 12.1. The van der Waals surface area contributed by atoms with Gasteiger partial charge in [-0.25, -0.2) is 4.79 Å². The third kappa shape index (κ3) is 4.32. The van der Waals surface area contributed by atoms with E-state index in [0.29, 0.717) is 17.0 Å². The summed E-state index contributed by atoms with van der Waals surface area (Å²) in [6.45, 7) is 1.56. The lowest BCUT2D eigenvalue weighted by atomic mass is 10.2. The molecule has 2 N–H and O–H groups in total. The molecule has 23 heavy (non-hydrogen) atoms. The smallest absolute Gasteiger partial charge is 0.335 e. The molecule has 2 rings (SSSR count). The van der Waals surface area contributed by atoms with Gasteiger partial charge in [0.15, 0.2) is 6.10 Å². The Morgan fingerprint density at radius 3 is 2.52 bits per heavy atom. The molecule has 0 aliphatic rings. The maximum absolute atomic E-state index is 12.1. The second kappa shape index (κ2) is 7.09. The predicted molar refractivity (Wildman–Crippen MR) is 83.3 cm³/mol. The normalized spacial score (nSPS) is 11.1. The topological polar surface area (TPSA) is 99.4 Å². The standard InChI is InChI=1S/C17H14N2O4/c1-11(23-15-4-2-3-13(9-15)17(21)22)16(20)19-14-7-5-12(10-18)6-8-14/h2-9,11H,1H3,(H,19,20)(H,21,22)/t11-/m0/s1. The summed E-state index contributed by atoms with van der Waals surface area (Å²) in [5, 5.41) is 20.3. The highest BCUT2D eigenvalue weighted by atomic mass is 16.5. The van der Waals surface area contributed by atoms with Gasteiger partial charge in [0.25, 0.3) is 5.91 Å². The molecule has 0 bridgehead atoms. The van der Waals surface area contributed by atoms with Crippen molar-refractivity contribution in [2.45, 2.75) is 13.0 Å². The van der Waals surface area contributed by atoms with E-state index in [2.05, 4.69) is 5.32 Å². The van der Waals surface area contributed by atoms with Gasteiger partial charge >= 0.3 is 5.97 Å². The van der Waals surface area contributed by atoms with E-state index in [1.807, 2.05) is 6.07 Å². The molecule has 6 heteroatoms. The minimum absolute atomic E-state index is 0.0854. The molecule has 1 amide bonds. The van der Waals surface area contributed by atoms with Crippen molar-refractivity contribution in [3.05, 3.63) is 59.7 Å². The number of anilines is 1. The first-order valence-electron chi connectivity index (χ1n) is 6.80. The number of nitrogens with zero attached hydrogens (tertiary/aromatic N) is 1. The highest BCUT2D eigenvalue weighted by Gasteiger charge is 2.15. The van der Waals surface area contributed by atoms with Crippen LogP contribution in [0.2, 0.25) is 0 Å². The number of rotatable bonds is 5. The molecule has 2 aromatic carbocycles. The van der Waals surface area contributed by atoms with Gasteiger partial charge in [-0.05, 0) is 49.4 Å². The monoisotopic (exact) mass is 310 g/mol. The molecule has 2 aromatic rings. The molecule has 0 radical (unpaired) electrons. The van der Waals surface area contributed by atoms with Crippen molar-refractivity contribution < 1.29 is 19.4 Å². The fourth-order valence-corrected chi connectivity index (χ4v) is 1.83. The average Bonchev–Trinajstić information content (AvgIpc) is 2.55. The second-order valence-corrected chi connectivity index (χ2v) is 4.77. The lowest BCUT2D eigenvalue weighted by Gasteiger charge is -2.15. The minimum Gasteiger partial charge on any atom is -0.481 e. The molecule has 6 nitrogen and oxygen atoms in total. The lowest BCUT2D eigenvalue weighted by molar-refractivity contribution is -0.122. The quantitative estimate of drug-likeness (QED) is 0.884. The molecular formula is C17H14N2O4. The molecule has 0 aromatic heterocycles. The van der Waals surface area contributed by atoms with Crippen LogP contribution in [0.1, 0.15) is 22.8 Å². The van der Waals surface area contributed by atoms with E-state index < -0.39 is 12.1 Å². The Labute approximate surface area is 132 Å². The SMILES string of the molecule is C[C@H](Oc1cccc(C(=O)O)c1)C(=O)Nc1ccc(C#N)cc1. The summed E-state index contributed by atoms with van der Waals surface area (Å²) >= 11 is 0. The van der Waals surface area contributed by atoms with Gasteiger partial charge in [-0.2, -0.15) is 5.26 Å². The molecule has 0 aliphatic carbocycles. The number of carboxylic acids is 1. The first kappa shape index (κ1) is 16.0. The van der Waals surface area contributed by atoms with Gasteiger partial charge in [-0.15, -0.1) is 0 Å². The number of nitriles is 1. The van der Waals surface area contributed by atoms with Crippen LogP contribution in [0.25, 0.3) is 0 Å². The van der Waals surface area contributed by atoms with E-state index in [9.17, 15) is 9.59 Å². The van der Waals surface area contributed by atoms with Crippen LogP contribution in [0, 0.1) is 11.3 Å². The summed E-state index contributed by atoms with van der Waals surface area (Å²) in [6, 6.07) is 14.3. The summed E-state index contributed by atoms with van der Waals surface area (Å²) < 4.78 is 5.46. The van der Waals surface area contributed by atoms with Gasteiger partial charge in [0.2, 0.25) is 0 Å². The number of nitrogens with one attached hydrogen (secondary N) is 1. The Kier molecular flexibility index (Phi) is 4.95. The Hall–Kier alpha value is -3.33. The number of amides is 1. The van der Waals surface area contributed by atoms with Crippen molar-refractivity contribution in [1.29, 1.82) is 5.26 Å². The number of hydrogen-bond acceptors (Lipinski definition) is 4. The number of carbonyl (C=O) groups excluding carboxylic acids is 1. The van der Waals surface area contributed by atoms with Crippen molar-refractivity contribution in [2.75, 3.05) is 5.32 Å². The third-order valence-electron chi connectivity index (χ3n) is 3.04. The van der Waals surface area contributed by atoms with Gasteiger partial charge in [0.05, 0.1) is 17.2 Å². The molecule has 0 saturated carbocycles. The molecule has 0 heterocycles. The summed E-state index contributed by atoms with van der Waals surface area (Å²) in [5.41, 5.74) is 1.13. The first-order chi connectivity index (χ1) is 11.0. The van der Waals surface area contributed by atoms with E-state index in [1.54, 1.807) is 43.3 Å². The van der Waals surface area contributed by atoms with Crippen LogP contribution in [-0.2, 0) is 4.79 Å². The van der Waals surface area contributed by atoms with Gasteiger partial charge < -0.3 is 15.2 Å². The fraction of sp³-hybridized carbons (Fsp3) is 0.118.